The summed E-state index contributed by atoms with van der Waals surface area (Å²) in [5, 5.41) is 0.595. The normalized spacial score (nSPS) is 11.7. The minimum atomic E-state index is -0.581. The van der Waals surface area contributed by atoms with Crippen LogP contribution in [0.2, 0.25) is 0 Å². The lowest BCUT2D eigenvalue weighted by molar-refractivity contribution is 0.0554. The van der Waals surface area contributed by atoms with Gasteiger partial charge in [0.25, 0.3) is 5.56 Å². The highest BCUT2D eigenvalue weighted by Crippen LogP contribution is 2.33. The lowest BCUT2D eigenvalue weighted by Crippen LogP contribution is -2.12. The number of esters is 1. The number of hydrogen-bond donors (Lipinski definition) is 1. The zero-order chi connectivity index (χ0) is 20.3. The summed E-state index contributed by atoms with van der Waals surface area (Å²) in [4.78, 5) is 39.8. The van der Waals surface area contributed by atoms with Crippen molar-refractivity contribution in [2.24, 2.45) is 0 Å². The maximum atomic E-state index is 12.9. The Morgan fingerprint density at radius 3 is 2.72 bits per heavy atom. The molecule has 0 fully saturated rings. The number of carbonyl (C=O) groups is 1. The quantitative estimate of drug-likeness (QED) is 0.364. The van der Waals surface area contributed by atoms with Crippen LogP contribution in [0, 0.1) is 13.8 Å². The highest BCUT2D eigenvalue weighted by Gasteiger charge is 2.26. The summed E-state index contributed by atoms with van der Waals surface area (Å²) < 4.78 is 7.09. The Labute approximate surface area is 168 Å². The number of nitrogens with zero attached hydrogens (tertiary/aromatic N) is 3. The molecule has 7 nitrogen and oxygen atoms in total. The third-order valence-corrected chi connectivity index (χ3v) is 6.22. The SMILES string of the molecule is C=CCOC(=O)c1c2nc3ccccc3nc2n2c1[nH]c(=O)c1c(C)c(C)sc12. The second kappa shape index (κ2) is 6.25. The van der Waals surface area contributed by atoms with Gasteiger partial charge in [-0.3, -0.25) is 9.20 Å². The van der Waals surface area contributed by atoms with Gasteiger partial charge in [-0.1, -0.05) is 24.8 Å². The maximum Gasteiger partial charge on any atom is 0.344 e. The molecule has 0 unspecified atom stereocenters. The van der Waals surface area contributed by atoms with Crippen LogP contribution in [-0.2, 0) is 4.74 Å². The van der Waals surface area contributed by atoms with Crippen molar-refractivity contribution >= 4 is 55.4 Å². The molecule has 29 heavy (non-hydrogen) atoms. The molecule has 5 aromatic rings. The first-order chi connectivity index (χ1) is 14.0. The Morgan fingerprint density at radius 2 is 2.00 bits per heavy atom. The molecule has 8 heteroatoms. The van der Waals surface area contributed by atoms with E-state index in [0.29, 0.717) is 33.2 Å². The highest BCUT2D eigenvalue weighted by molar-refractivity contribution is 7.18. The number of hydrogen-bond acceptors (Lipinski definition) is 6. The molecule has 0 radical (unpaired) electrons. The summed E-state index contributed by atoms with van der Waals surface area (Å²) in [5.41, 5.74) is 3.46. The fourth-order valence-corrected chi connectivity index (χ4v) is 4.73. The highest BCUT2D eigenvalue weighted by atomic mass is 32.1. The molecule has 4 heterocycles. The molecule has 0 bridgehead atoms. The van der Waals surface area contributed by atoms with Crippen molar-refractivity contribution in [3.05, 3.63) is 63.3 Å². The number of aromatic nitrogens is 4. The second-order valence-electron chi connectivity index (χ2n) is 6.75. The summed E-state index contributed by atoms with van der Waals surface area (Å²) in [6.07, 6.45) is 1.49. The molecular formula is C21H16N4O3S. The Balaban J connectivity index is 2.04. The first-order valence-electron chi connectivity index (χ1n) is 9.02. The molecule has 0 aliphatic rings. The summed E-state index contributed by atoms with van der Waals surface area (Å²) in [6, 6.07) is 7.45. The Bertz CT molecular complexity index is 1540. The van der Waals surface area contributed by atoms with Crippen molar-refractivity contribution in [1.29, 1.82) is 0 Å². The topological polar surface area (TPSA) is 89.3 Å². The summed E-state index contributed by atoms with van der Waals surface area (Å²) in [5.74, 6) is -0.581. The number of fused-ring (bicyclic) bond motifs is 6. The number of aryl methyl sites for hydroxylation is 2. The van der Waals surface area contributed by atoms with Crippen LogP contribution in [0.4, 0.5) is 0 Å². The van der Waals surface area contributed by atoms with Crippen LogP contribution in [0.15, 0.2) is 41.7 Å². The number of para-hydroxylation sites is 2. The second-order valence-corrected chi connectivity index (χ2v) is 7.95. The van der Waals surface area contributed by atoms with Crippen molar-refractivity contribution in [1.82, 2.24) is 19.4 Å². The molecule has 0 saturated heterocycles. The Morgan fingerprint density at radius 1 is 1.28 bits per heavy atom. The van der Waals surface area contributed by atoms with Gasteiger partial charge in [0, 0.05) is 4.88 Å². The van der Waals surface area contributed by atoms with E-state index < -0.39 is 5.97 Å². The lowest BCUT2D eigenvalue weighted by Gasteiger charge is -2.02. The number of nitrogens with one attached hydrogen (secondary N) is 1. The Kier molecular flexibility index (Phi) is 3.78. The van der Waals surface area contributed by atoms with Crippen LogP contribution in [0.3, 0.4) is 0 Å². The van der Waals surface area contributed by atoms with Gasteiger partial charge in [0.2, 0.25) is 0 Å². The van der Waals surface area contributed by atoms with E-state index in [4.69, 9.17) is 9.72 Å². The number of thiophene rings is 1. The van der Waals surface area contributed by atoms with Gasteiger partial charge in [0.15, 0.2) is 5.65 Å². The first-order valence-corrected chi connectivity index (χ1v) is 9.83. The van der Waals surface area contributed by atoms with Gasteiger partial charge in [-0.25, -0.2) is 14.8 Å². The van der Waals surface area contributed by atoms with Gasteiger partial charge >= 0.3 is 5.97 Å². The van der Waals surface area contributed by atoms with Gasteiger partial charge in [0.05, 0.1) is 16.4 Å². The predicted octanol–water partition coefficient (Wildman–Crippen LogP) is 3.90. The van der Waals surface area contributed by atoms with E-state index >= 15 is 0 Å². The van der Waals surface area contributed by atoms with Gasteiger partial charge in [-0.2, -0.15) is 0 Å². The summed E-state index contributed by atoms with van der Waals surface area (Å²) >= 11 is 1.49. The molecule has 0 spiro atoms. The van der Waals surface area contributed by atoms with E-state index in [2.05, 4.69) is 16.5 Å². The monoisotopic (exact) mass is 404 g/mol. The maximum absolute atomic E-state index is 12.9. The number of benzene rings is 1. The number of rotatable bonds is 3. The third-order valence-electron chi connectivity index (χ3n) is 5.03. The number of H-pyrrole nitrogens is 1. The van der Waals surface area contributed by atoms with Crippen molar-refractivity contribution in [2.75, 3.05) is 6.61 Å². The van der Waals surface area contributed by atoms with Crippen molar-refractivity contribution < 1.29 is 9.53 Å². The zero-order valence-electron chi connectivity index (χ0n) is 15.8. The third kappa shape index (κ3) is 2.42. The van der Waals surface area contributed by atoms with Crippen molar-refractivity contribution in [2.45, 2.75) is 13.8 Å². The lowest BCUT2D eigenvalue weighted by atomic mass is 10.2. The van der Waals surface area contributed by atoms with Gasteiger partial charge in [0.1, 0.15) is 28.2 Å². The fraction of sp³-hybridized carbons (Fsp3) is 0.143. The van der Waals surface area contributed by atoms with Crippen LogP contribution in [-0.4, -0.2) is 31.9 Å². The van der Waals surface area contributed by atoms with Gasteiger partial charge in [-0.15, -0.1) is 11.3 Å². The average molecular weight is 404 g/mol. The fourth-order valence-electron chi connectivity index (χ4n) is 3.56. The van der Waals surface area contributed by atoms with Crippen LogP contribution in [0.1, 0.15) is 20.8 Å². The minimum Gasteiger partial charge on any atom is -0.458 e. The van der Waals surface area contributed by atoms with Crippen LogP contribution in [0.25, 0.3) is 38.1 Å². The molecular weight excluding hydrogens is 388 g/mol. The van der Waals surface area contributed by atoms with Crippen LogP contribution >= 0.6 is 11.3 Å². The van der Waals surface area contributed by atoms with E-state index in [-0.39, 0.29) is 17.7 Å². The smallest absolute Gasteiger partial charge is 0.344 e. The Hall–Kier alpha value is -3.52. The zero-order valence-corrected chi connectivity index (χ0v) is 16.6. The first kappa shape index (κ1) is 17.6. The minimum absolute atomic E-state index is 0.0579. The molecule has 1 aromatic carbocycles. The molecule has 0 aliphatic carbocycles. The van der Waals surface area contributed by atoms with Crippen molar-refractivity contribution in [3.63, 3.8) is 0 Å². The molecule has 0 amide bonds. The van der Waals surface area contributed by atoms with E-state index in [1.165, 1.54) is 17.4 Å². The molecule has 4 aromatic heterocycles. The van der Waals surface area contributed by atoms with Gasteiger partial charge in [-0.05, 0) is 31.5 Å². The average Bonchev–Trinajstić information content (AvgIpc) is 3.18. The molecule has 0 saturated carbocycles. The van der Waals surface area contributed by atoms with Crippen LogP contribution < -0.4 is 5.56 Å². The van der Waals surface area contributed by atoms with Crippen LogP contribution in [0.5, 0.6) is 0 Å². The molecule has 5 rings (SSSR count). The largest absolute Gasteiger partial charge is 0.458 e. The molecule has 0 aliphatic heterocycles. The predicted molar refractivity (Wildman–Crippen MR) is 114 cm³/mol. The summed E-state index contributed by atoms with van der Waals surface area (Å²) in [6.45, 7) is 7.53. The van der Waals surface area contributed by atoms with E-state index in [9.17, 15) is 9.59 Å². The standard InChI is InChI=1S/C21H16N4O3S/c1-4-9-28-21(27)15-16-18(23-13-8-6-5-7-12(13)22-16)25-17(15)24-19(26)14-10(2)11(3)29-20(14)25/h4-8H,1,9H2,2-3H3,(H,24,26). The van der Waals surface area contributed by atoms with Crippen molar-refractivity contribution in [3.8, 4) is 0 Å². The molecule has 144 valence electrons. The number of aromatic amines is 1. The molecule has 0 atom stereocenters. The number of carbonyl (C=O) groups excluding carboxylic acids is 1. The summed E-state index contributed by atoms with van der Waals surface area (Å²) in [7, 11) is 0. The molecule has 1 N–H and O–H groups in total. The number of ether oxygens (including phenoxy) is 1. The van der Waals surface area contributed by atoms with E-state index in [0.717, 1.165) is 15.3 Å². The van der Waals surface area contributed by atoms with E-state index in [1.54, 1.807) is 4.40 Å². The van der Waals surface area contributed by atoms with Gasteiger partial charge < -0.3 is 9.72 Å². The van der Waals surface area contributed by atoms with E-state index in [1.807, 2.05) is 38.1 Å².